The molecule has 0 unspecified atom stereocenters. The summed E-state index contributed by atoms with van der Waals surface area (Å²) in [5.74, 6) is 0. The molecule has 1 aliphatic heterocycles. The number of carbonyl (C=O) groups is 1. The fourth-order valence-electron chi connectivity index (χ4n) is 2.53. The van der Waals surface area contributed by atoms with Crippen LogP contribution in [-0.4, -0.2) is 29.5 Å². The van der Waals surface area contributed by atoms with Crippen molar-refractivity contribution in [1.82, 2.24) is 9.47 Å². The van der Waals surface area contributed by atoms with Crippen LogP contribution in [0.15, 0.2) is 6.07 Å². The van der Waals surface area contributed by atoms with Gasteiger partial charge in [-0.25, -0.2) is 0 Å². The molecule has 1 amide bonds. The number of fused-ring (bicyclic) bond motifs is 1. The molecule has 0 aromatic carbocycles. The predicted octanol–water partition coefficient (Wildman–Crippen LogP) is 1.76. The van der Waals surface area contributed by atoms with Crippen LogP contribution in [-0.2, 0) is 24.2 Å². The molecule has 1 aliphatic rings. The van der Waals surface area contributed by atoms with E-state index in [4.69, 9.17) is 0 Å². The van der Waals surface area contributed by atoms with E-state index in [1.165, 1.54) is 36.2 Å². The van der Waals surface area contributed by atoms with E-state index in [2.05, 4.69) is 17.6 Å². The number of amides is 1. The summed E-state index contributed by atoms with van der Waals surface area (Å²) in [5, 5.41) is 0. The van der Waals surface area contributed by atoms with Gasteiger partial charge in [-0.2, -0.15) is 0 Å². The number of aromatic nitrogens is 1. The van der Waals surface area contributed by atoms with Gasteiger partial charge in [0.25, 0.3) is 0 Å². The summed E-state index contributed by atoms with van der Waals surface area (Å²) in [7, 11) is 1.84. The standard InChI is InChI=1S/C13H20N2O/c1-11-9-12-5-3-4-7-15(12)13(11)6-8-14(2)10-16/h9-10H,3-8H2,1-2H3. The first-order chi connectivity index (χ1) is 7.72. The van der Waals surface area contributed by atoms with Crippen molar-refractivity contribution in [2.24, 2.45) is 0 Å². The highest BCUT2D eigenvalue weighted by Crippen LogP contribution is 2.22. The second kappa shape index (κ2) is 4.73. The van der Waals surface area contributed by atoms with Crippen LogP contribution in [0.4, 0.5) is 0 Å². The highest BCUT2D eigenvalue weighted by molar-refractivity contribution is 5.46. The zero-order valence-corrected chi connectivity index (χ0v) is 10.2. The lowest BCUT2D eigenvalue weighted by atomic mass is 10.1. The number of likely N-dealkylation sites (N-methyl/N-ethyl adjacent to an activating group) is 1. The van der Waals surface area contributed by atoms with Crippen molar-refractivity contribution in [2.45, 2.75) is 39.2 Å². The van der Waals surface area contributed by atoms with E-state index in [1.807, 2.05) is 7.05 Å². The minimum Gasteiger partial charge on any atom is -0.348 e. The van der Waals surface area contributed by atoms with Crippen molar-refractivity contribution in [3.05, 3.63) is 23.0 Å². The van der Waals surface area contributed by atoms with Crippen LogP contribution >= 0.6 is 0 Å². The molecule has 0 saturated heterocycles. The second-order valence-corrected chi connectivity index (χ2v) is 4.71. The maximum Gasteiger partial charge on any atom is 0.209 e. The molecule has 2 rings (SSSR count). The molecule has 0 aliphatic carbocycles. The minimum absolute atomic E-state index is 0.813. The van der Waals surface area contributed by atoms with Crippen molar-refractivity contribution < 1.29 is 4.79 Å². The zero-order valence-electron chi connectivity index (χ0n) is 10.2. The van der Waals surface area contributed by atoms with Crippen molar-refractivity contribution >= 4 is 6.41 Å². The average molecular weight is 220 g/mol. The van der Waals surface area contributed by atoms with Gasteiger partial charge in [-0.05, 0) is 37.8 Å². The Bertz CT molecular complexity index is 382. The molecule has 16 heavy (non-hydrogen) atoms. The van der Waals surface area contributed by atoms with E-state index in [0.29, 0.717) is 0 Å². The molecule has 0 spiro atoms. The normalized spacial score (nSPS) is 14.6. The Morgan fingerprint density at radius 3 is 3.06 bits per heavy atom. The first-order valence-electron chi connectivity index (χ1n) is 6.06. The Morgan fingerprint density at radius 2 is 2.31 bits per heavy atom. The fourth-order valence-corrected chi connectivity index (χ4v) is 2.53. The van der Waals surface area contributed by atoms with E-state index in [0.717, 1.165) is 25.9 Å². The van der Waals surface area contributed by atoms with E-state index in [9.17, 15) is 4.79 Å². The quantitative estimate of drug-likeness (QED) is 0.710. The Hall–Kier alpha value is -1.25. The highest BCUT2D eigenvalue weighted by atomic mass is 16.1. The first kappa shape index (κ1) is 11.2. The summed E-state index contributed by atoms with van der Waals surface area (Å²) in [5.41, 5.74) is 4.28. The number of nitrogens with zero attached hydrogens (tertiary/aromatic N) is 2. The third-order valence-corrected chi connectivity index (χ3v) is 3.46. The molecule has 88 valence electrons. The minimum atomic E-state index is 0.813. The van der Waals surface area contributed by atoms with Gasteiger partial charge in [0.15, 0.2) is 0 Å². The Balaban J connectivity index is 2.13. The van der Waals surface area contributed by atoms with Gasteiger partial charge in [0, 0.05) is 37.9 Å². The Labute approximate surface area is 97.1 Å². The summed E-state index contributed by atoms with van der Waals surface area (Å²) in [6, 6.07) is 2.31. The van der Waals surface area contributed by atoms with Crippen LogP contribution in [0.5, 0.6) is 0 Å². The van der Waals surface area contributed by atoms with Gasteiger partial charge < -0.3 is 9.47 Å². The van der Waals surface area contributed by atoms with Crippen molar-refractivity contribution in [3.63, 3.8) is 0 Å². The monoisotopic (exact) mass is 220 g/mol. The average Bonchev–Trinajstić information content (AvgIpc) is 2.62. The first-order valence-corrected chi connectivity index (χ1v) is 6.06. The lowest BCUT2D eigenvalue weighted by molar-refractivity contribution is -0.116. The smallest absolute Gasteiger partial charge is 0.209 e. The van der Waals surface area contributed by atoms with Gasteiger partial charge in [0.05, 0.1) is 0 Å². The molecule has 1 aromatic rings. The maximum atomic E-state index is 10.6. The van der Waals surface area contributed by atoms with Crippen LogP contribution < -0.4 is 0 Å². The van der Waals surface area contributed by atoms with E-state index in [1.54, 1.807) is 4.90 Å². The summed E-state index contributed by atoms with van der Waals surface area (Å²) >= 11 is 0. The zero-order chi connectivity index (χ0) is 11.5. The van der Waals surface area contributed by atoms with E-state index < -0.39 is 0 Å². The highest BCUT2D eigenvalue weighted by Gasteiger charge is 2.15. The number of hydrogen-bond donors (Lipinski definition) is 0. The van der Waals surface area contributed by atoms with E-state index >= 15 is 0 Å². The molecule has 0 saturated carbocycles. The summed E-state index contributed by atoms with van der Waals surface area (Å²) in [6.45, 7) is 4.15. The fraction of sp³-hybridized carbons (Fsp3) is 0.615. The van der Waals surface area contributed by atoms with Crippen LogP contribution in [0.25, 0.3) is 0 Å². The maximum absolute atomic E-state index is 10.6. The number of carbonyl (C=O) groups excluding carboxylic acids is 1. The van der Waals surface area contributed by atoms with Crippen molar-refractivity contribution in [2.75, 3.05) is 13.6 Å². The van der Waals surface area contributed by atoms with Gasteiger partial charge in [-0.1, -0.05) is 0 Å². The molecule has 0 radical (unpaired) electrons. The molecule has 0 fully saturated rings. The summed E-state index contributed by atoms with van der Waals surface area (Å²) < 4.78 is 2.46. The summed E-state index contributed by atoms with van der Waals surface area (Å²) in [6.07, 6.45) is 5.69. The molecular formula is C13H20N2O. The lowest BCUT2D eigenvalue weighted by Crippen LogP contribution is -2.21. The van der Waals surface area contributed by atoms with E-state index in [-0.39, 0.29) is 0 Å². The van der Waals surface area contributed by atoms with Gasteiger partial charge in [-0.15, -0.1) is 0 Å². The van der Waals surface area contributed by atoms with Crippen LogP contribution in [0.1, 0.15) is 29.8 Å². The van der Waals surface area contributed by atoms with Gasteiger partial charge in [0.2, 0.25) is 6.41 Å². The third kappa shape index (κ3) is 2.13. The Kier molecular flexibility index (Phi) is 3.32. The predicted molar refractivity (Wildman–Crippen MR) is 64.5 cm³/mol. The van der Waals surface area contributed by atoms with Crippen LogP contribution in [0, 0.1) is 6.92 Å². The SMILES string of the molecule is Cc1cc2n(c1CCN(C)C=O)CCCC2. The molecule has 3 heteroatoms. The topological polar surface area (TPSA) is 25.2 Å². The number of hydrogen-bond acceptors (Lipinski definition) is 1. The molecule has 0 bridgehead atoms. The molecular weight excluding hydrogens is 200 g/mol. The number of aryl methyl sites for hydroxylation is 2. The van der Waals surface area contributed by atoms with Gasteiger partial charge in [0.1, 0.15) is 0 Å². The lowest BCUT2D eigenvalue weighted by Gasteiger charge is -2.19. The third-order valence-electron chi connectivity index (χ3n) is 3.46. The van der Waals surface area contributed by atoms with Crippen LogP contribution in [0.2, 0.25) is 0 Å². The molecule has 0 N–H and O–H groups in total. The van der Waals surface area contributed by atoms with Crippen molar-refractivity contribution in [3.8, 4) is 0 Å². The largest absolute Gasteiger partial charge is 0.348 e. The van der Waals surface area contributed by atoms with Gasteiger partial charge in [-0.3, -0.25) is 4.79 Å². The number of rotatable bonds is 4. The molecule has 2 heterocycles. The second-order valence-electron chi connectivity index (χ2n) is 4.71. The molecule has 0 atom stereocenters. The molecule has 1 aromatic heterocycles. The molecule has 3 nitrogen and oxygen atoms in total. The van der Waals surface area contributed by atoms with Gasteiger partial charge >= 0.3 is 0 Å². The summed E-state index contributed by atoms with van der Waals surface area (Å²) in [4.78, 5) is 12.3. The van der Waals surface area contributed by atoms with Crippen LogP contribution in [0.3, 0.4) is 0 Å². The Morgan fingerprint density at radius 1 is 1.50 bits per heavy atom. The van der Waals surface area contributed by atoms with Crippen molar-refractivity contribution in [1.29, 1.82) is 0 Å².